The van der Waals surface area contributed by atoms with E-state index in [2.05, 4.69) is 16.1 Å². The molecule has 3 amide bonds. The minimum Gasteiger partial charge on any atom is -0.334 e. The average molecular weight is 414 g/mol. The normalized spacial score (nSPS) is 15.0. The van der Waals surface area contributed by atoms with Gasteiger partial charge in [0.2, 0.25) is 5.91 Å². The molecule has 0 atom stereocenters. The van der Waals surface area contributed by atoms with Crippen LogP contribution in [0.1, 0.15) is 45.8 Å². The lowest BCUT2D eigenvalue weighted by molar-refractivity contribution is -0.116. The minimum atomic E-state index is -0.348. The summed E-state index contributed by atoms with van der Waals surface area (Å²) in [4.78, 5) is 43.2. The maximum absolute atomic E-state index is 12.5. The summed E-state index contributed by atoms with van der Waals surface area (Å²) in [5, 5.41) is 2.87. The molecule has 2 aliphatic rings. The van der Waals surface area contributed by atoms with Crippen LogP contribution in [-0.2, 0) is 17.8 Å². The molecule has 7 heteroatoms. The Balaban J connectivity index is 1.23. The SMILES string of the molecule is O=C(CCN1C(=O)c2ccccc2C1=O)Nc1cccc(-c2cn3c(n2)CCCC3)c1. The van der Waals surface area contributed by atoms with E-state index < -0.39 is 0 Å². The quantitative estimate of drug-likeness (QED) is 0.648. The summed E-state index contributed by atoms with van der Waals surface area (Å²) >= 11 is 0. The Hall–Kier alpha value is -3.74. The van der Waals surface area contributed by atoms with Crippen molar-refractivity contribution in [2.24, 2.45) is 0 Å². The number of hydrogen-bond acceptors (Lipinski definition) is 4. The first kappa shape index (κ1) is 19.2. The molecular weight excluding hydrogens is 392 g/mol. The molecule has 1 N–H and O–H groups in total. The van der Waals surface area contributed by atoms with Gasteiger partial charge < -0.3 is 9.88 Å². The van der Waals surface area contributed by atoms with Crippen molar-refractivity contribution in [2.75, 3.05) is 11.9 Å². The van der Waals surface area contributed by atoms with E-state index in [-0.39, 0.29) is 30.7 Å². The van der Waals surface area contributed by atoms with Gasteiger partial charge in [0.05, 0.1) is 16.8 Å². The van der Waals surface area contributed by atoms with E-state index in [9.17, 15) is 14.4 Å². The fourth-order valence-electron chi connectivity index (χ4n) is 4.19. The second kappa shape index (κ2) is 7.83. The molecule has 7 nitrogen and oxygen atoms in total. The van der Waals surface area contributed by atoms with Gasteiger partial charge in [0, 0.05) is 43.4 Å². The molecule has 31 heavy (non-hydrogen) atoms. The van der Waals surface area contributed by atoms with Crippen molar-refractivity contribution in [3.8, 4) is 11.3 Å². The Morgan fingerprint density at radius 1 is 1.00 bits per heavy atom. The molecule has 0 radical (unpaired) electrons. The molecule has 0 spiro atoms. The molecule has 1 aromatic heterocycles. The second-order valence-corrected chi connectivity index (χ2v) is 7.88. The van der Waals surface area contributed by atoms with Gasteiger partial charge in [0.15, 0.2) is 0 Å². The highest BCUT2D eigenvalue weighted by molar-refractivity contribution is 6.21. The Morgan fingerprint density at radius 2 is 1.77 bits per heavy atom. The van der Waals surface area contributed by atoms with Crippen molar-refractivity contribution in [1.29, 1.82) is 0 Å². The van der Waals surface area contributed by atoms with Gasteiger partial charge in [0.25, 0.3) is 11.8 Å². The first-order chi connectivity index (χ1) is 15.1. The third-order valence-corrected chi connectivity index (χ3v) is 5.79. The number of carbonyl (C=O) groups excluding carboxylic acids is 3. The minimum absolute atomic E-state index is 0.0362. The molecule has 0 unspecified atom stereocenters. The van der Waals surface area contributed by atoms with Crippen molar-refractivity contribution in [1.82, 2.24) is 14.5 Å². The van der Waals surface area contributed by atoms with Crippen LogP contribution in [-0.4, -0.2) is 38.7 Å². The molecule has 5 rings (SSSR count). The van der Waals surface area contributed by atoms with Crippen molar-refractivity contribution in [3.63, 3.8) is 0 Å². The number of rotatable bonds is 5. The van der Waals surface area contributed by atoms with Gasteiger partial charge in [-0.05, 0) is 37.1 Å². The van der Waals surface area contributed by atoms with Gasteiger partial charge in [-0.15, -0.1) is 0 Å². The van der Waals surface area contributed by atoms with Crippen LogP contribution in [0.15, 0.2) is 54.7 Å². The van der Waals surface area contributed by atoms with Crippen LogP contribution in [0.2, 0.25) is 0 Å². The number of anilines is 1. The van der Waals surface area contributed by atoms with Gasteiger partial charge in [0.1, 0.15) is 5.82 Å². The molecule has 2 aromatic carbocycles. The van der Waals surface area contributed by atoms with E-state index in [1.54, 1.807) is 24.3 Å². The number of imidazole rings is 1. The van der Waals surface area contributed by atoms with Crippen LogP contribution in [0.25, 0.3) is 11.3 Å². The molecule has 0 saturated carbocycles. The fourth-order valence-corrected chi connectivity index (χ4v) is 4.19. The van der Waals surface area contributed by atoms with Crippen LogP contribution >= 0.6 is 0 Å². The highest BCUT2D eigenvalue weighted by Crippen LogP contribution is 2.25. The van der Waals surface area contributed by atoms with Crippen LogP contribution < -0.4 is 5.32 Å². The Bertz CT molecular complexity index is 1140. The van der Waals surface area contributed by atoms with Gasteiger partial charge in [-0.2, -0.15) is 0 Å². The molecule has 0 saturated heterocycles. The number of aryl methyl sites for hydroxylation is 2. The number of fused-ring (bicyclic) bond motifs is 2. The van der Waals surface area contributed by atoms with E-state index in [0.717, 1.165) is 34.9 Å². The van der Waals surface area contributed by atoms with Crippen molar-refractivity contribution in [3.05, 3.63) is 71.7 Å². The lowest BCUT2D eigenvalue weighted by Gasteiger charge is -2.13. The summed E-state index contributed by atoms with van der Waals surface area (Å²) in [7, 11) is 0. The summed E-state index contributed by atoms with van der Waals surface area (Å²) in [6.07, 6.45) is 5.44. The average Bonchev–Trinajstić information content (AvgIpc) is 3.33. The molecule has 0 aliphatic carbocycles. The van der Waals surface area contributed by atoms with Gasteiger partial charge in [-0.1, -0.05) is 24.3 Å². The summed E-state index contributed by atoms with van der Waals surface area (Å²) in [5.74, 6) is 0.160. The fraction of sp³-hybridized carbons (Fsp3) is 0.250. The van der Waals surface area contributed by atoms with Crippen LogP contribution in [0.4, 0.5) is 5.69 Å². The first-order valence-corrected chi connectivity index (χ1v) is 10.5. The van der Waals surface area contributed by atoms with Gasteiger partial charge in [-0.3, -0.25) is 19.3 Å². The molecular formula is C24H22N4O3. The second-order valence-electron chi connectivity index (χ2n) is 7.88. The molecule has 2 aliphatic heterocycles. The molecule has 3 heterocycles. The Kier molecular flexibility index (Phi) is 4.86. The number of aromatic nitrogens is 2. The van der Waals surface area contributed by atoms with Crippen LogP contribution in [0.3, 0.4) is 0 Å². The van der Waals surface area contributed by atoms with E-state index in [1.807, 2.05) is 24.3 Å². The maximum Gasteiger partial charge on any atom is 0.261 e. The van der Waals surface area contributed by atoms with E-state index in [4.69, 9.17) is 4.98 Å². The Labute approximate surface area is 179 Å². The number of benzene rings is 2. The number of nitrogens with zero attached hydrogens (tertiary/aromatic N) is 3. The molecule has 0 bridgehead atoms. The molecule has 0 fully saturated rings. The summed E-state index contributed by atoms with van der Waals surface area (Å²) in [6.45, 7) is 1.04. The summed E-state index contributed by atoms with van der Waals surface area (Å²) in [6, 6.07) is 14.3. The highest BCUT2D eigenvalue weighted by Gasteiger charge is 2.34. The largest absolute Gasteiger partial charge is 0.334 e. The predicted molar refractivity (Wildman–Crippen MR) is 116 cm³/mol. The van der Waals surface area contributed by atoms with E-state index in [0.29, 0.717) is 16.8 Å². The Morgan fingerprint density at radius 3 is 2.52 bits per heavy atom. The van der Waals surface area contributed by atoms with Gasteiger partial charge >= 0.3 is 0 Å². The summed E-state index contributed by atoms with van der Waals surface area (Å²) < 4.78 is 2.20. The molecule has 3 aromatic rings. The lowest BCUT2D eigenvalue weighted by Crippen LogP contribution is -2.32. The smallest absolute Gasteiger partial charge is 0.261 e. The zero-order valence-corrected chi connectivity index (χ0v) is 17.0. The number of imide groups is 1. The van der Waals surface area contributed by atoms with Crippen LogP contribution in [0, 0.1) is 0 Å². The predicted octanol–water partition coefficient (Wildman–Crippen LogP) is 3.51. The van der Waals surface area contributed by atoms with Crippen LogP contribution in [0.5, 0.6) is 0 Å². The number of nitrogens with one attached hydrogen (secondary N) is 1. The molecule has 156 valence electrons. The maximum atomic E-state index is 12.5. The van der Waals surface area contributed by atoms with Crippen molar-refractivity contribution in [2.45, 2.75) is 32.2 Å². The standard InChI is InChI=1S/C24H22N4O3/c29-22(11-13-28-23(30)18-8-1-2-9-19(18)24(28)31)25-17-7-5-6-16(14-17)20-15-27-12-4-3-10-21(27)26-20/h1-2,5-9,14-15H,3-4,10-13H2,(H,25,29). The third-order valence-electron chi connectivity index (χ3n) is 5.79. The van der Waals surface area contributed by atoms with E-state index in [1.165, 1.54) is 12.8 Å². The zero-order chi connectivity index (χ0) is 21.4. The zero-order valence-electron chi connectivity index (χ0n) is 17.0. The number of amides is 3. The van der Waals surface area contributed by atoms with Crippen molar-refractivity contribution < 1.29 is 14.4 Å². The number of carbonyl (C=O) groups is 3. The lowest BCUT2D eigenvalue weighted by atomic mass is 10.1. The third kappa shape index (κ3) is 3.63. The highest BCUT2D eigenvalue weighted by atomic mass is 16.2. The number of hydrogen-bond donors (Lipinski definition) is 1. The topological polar surface area (TPSA) is 84.3 Å². The summed E-state index contributed by atoms with van der Waals surface area (Å²) in [5.41, 5.74) is 3.29. The van der Waals surface area contributed by atoms with Crippen molar-refractivity contribution >= 4 is 23.4 Å². The monoisotopic (exact) mass is 414 g/mol. The van der Waals surface area contributed by atoms with E-state index >= 15 is 0 Å². The van der Waals surface area contributed by atoms with Gasteiger partial charge in [-0.25, -0.2) is 4.98 Å². The first-order valence-electron chi connectivity index (χ1n) is 10.5.